The SMILES string of the molecule is O=C1CN(C(=O)COc2ccc3ccccc3c2)[C@@H](c2ccccc2)c2cc(F)ccc2N1. The van der Waals surface area contributed by atoms with Gasteiger partial charge in [-0.1, -0.05) is 60.7 Å². The van der Waals surface area contributed by atoms with Gasteiger partial charge >= 0.3 is 0 Å². The third-order valence-corrected chi connectivity index (χ3v) is 5.73. The molecule has 0 bridgehead atoms. The summed E-state index contributed by atoms with van der Waals surface area (Å²) >= 11 is 0. The summed E-state index contributed by atoms with van der Waals surface area (Å²) in [6.07, 6.45) is 0. The molecule has 1 aliphatic heterocycles. The van der Waals surface area contributed by atoms with Crippen LogP contribution in [0, 0.1) is 5.82 Å². The molecule has 0 spiro atoms. The molecule has 2 amide bonds. The number of benzene rings is 4. The van der Waals surface area contributed by atoms with Crippen LogP contribution in [0.3, 0.4) is 0 Å². The molecule has 0 unspecified atom stereocenters. The normalized spacial score (nSPS) is 15.5. The van der Waals surface area contributed by atoms with Gasteiger partial charge in [0.1, 0.15) is 18.1 Å². The summed E-state index contributed by atoms with van der Waals surface area (Å²) in [4.78, 5) is 27.4. The number of nitrogens with zero attached hydrogens (tertiary/aromatic N) is 1. The Labute approximate surface area is 190 Å². The number of carbonyl (C=O) groups excluding carboxylic acids is 2. The first-order valence-electron chi connectivity index (χ1n) is 10.6. The van der Waals surface area contributed by atoms with Crippen molar-refractivity contribution in [2.24, 2.45) is 0 Å². The summed E-state index contributed by atoms with van der Waals surface area (Å²) in [5.74, 6) is -0.598. The highest BCUT2D eigenvalue weighted by Crippen LogP contribution is 2.36. The molecule has 0 radical (unpaired) electrons. The number of hydrogen-bond acceptors (Lipinski definition) is 3. The Morgan fingerprint density at radius 3 is 2.52 bits per heavy atom. The maximum absolute atomic E-state index is 14.2. The summed E-state index contributed by atoms with van der Waals surface area (Å²) in [6.45, 7) is -0.421. The summed E-state index contributed by atoms with van der Waals surface area (Å²) in [7, 11) is 0. The van der Waals surface area contributed by atoms with Gasteiger partial charge in [-0.05, 0) is 46.7 Å². The van der Waals surface area contributed by atoms with E-state index in [-0.39, 0.29) is 25.0 Å². The zero-order chi connectivity index (χ0) is 22.8. The lowest BCUT2D eigenvalue weighted by molar-refractivity contribution is -0.138. The molecule has 33 heavy (non-hydrogen) atoms. The van der Waals surface area contributed by atoms with E-state index >= 15 is 0 Å². The third-order valence-electron chi connectivity index (χ3n) is 5.73. The van der Waals surface area contributed by atoms with Crippen LogP contribution in [0.15, 0.2) is 91.0 Å². The van der Waals surface area contributed by atoms with Gasteiger partial charge in [0, 0.05) is 11.3 Å². The van der Waals surface area contributed by atoms with Crippen LogP contribution in [0.5, 0.6) is 5.75 Å². The third kappa shape index (κ3) is 4.28. The van der Waals surface area contributed by atoms with E-state index in [9.17, 15) is 14.0 Å². The Balaban J connectivity index is 1.47. The average molecular weight is 440 g/mol. The fourth-order valence-corrected chi connectivity index (χ4v) is 4.19. The first kappa shape index (κ1) is 20.7. The number of nitrogens with one attached hydrogen (secondary N) is 1. The first-order chi connectivity index (χ1) is 16.1. The Kier molecular flexibility index (Phi) is 5.48. The maximum Gasteiger partial charge on any atom is 0.261 e. The lowest BCUT2D eigenvalue weighted by Gasteiger charge is -2.30. The van der Waals surface area contributed by atoms with Gasteiger partial charge in [-0.3, -0.25) is 9.59 Å². The van der Waals surface area contributed by atoms with E-state index in [4.69, 9.17) is 4.74 Å². The van der Waals surface area contributed by atoms with Crippen molar-refractivity contribution in [2.45, 2.75) is 6.04 Å². The molecular weight excluding hydrogens is 419 g/mol. The van der Waals surface area contributed by atoms with Gasteiger partial charge in [0.2, 0.25) is 5.91 Å². The van der Waals surface area contributed by atoms with Crippen molar-refractivity contribution < 1.29 is 18.7 Å². The molecule has 0 saturated heterocycles. The van der Waals surface area contributed by atoms with E-state index in [1.54, 1.807) is 0 Å². The Morgan fingerprint density at radius 1 is 0.939 bits per heavy atom. The molecule has 0 fully saturated rings. The molecule has 4 aromatic rings. The average Bonchev–Trinajstić information content (AvgIpc) is 2.98. The van der Waals surface area contributed by atoms with Crippen molar-refractivity contribution >= 4 is 28.3 Å². The second-order valence-corrected chi connectivity index (χ2v) is 7.91. The predicted octanol–water partition coefficient (Wildman–Crippen LogP) is 4.93. The molecule has 6 heteroatoms. The fraction of sp³-hybridized carbons (Fsp3) is 0.111. The highest BCUT2D eigenvalue weighted by molar-refractivity contribution is 5.97. The monoisotopic (exact) mass is 440 g/mol. The second-order valence-electron chi connectivity index (χ2n) is 7.91. The first-order valence-corrected chi connectivity index (χ1v) is 10.6. The molecule has 0 saturated carbocycles. The predicted molar refractivity (Wildman–Crippen MR) is 124 cm³/mol. The number of ether oxygens (including phenoxy) is 1. The Hall–Kier alpha value is -4.19. The molecule has 1 aliphatic rings. The molecule has 1 heterocycles. The molecule has 164 valence electrons. The van der Waals surface area contributed by atoms with Crippen LogP contribution < -0.4 is 10.1 Å². The van der Waals surface area contributed by atoms with Gasteiger partial charge in [0.25, 0.3) is 5.91 Å². The number of carbonyl (C=O) groups is 2. The second kappa shape index (κ2) is 8.74. The highest BCUT2D eigenvalue weighted by Gasteiger charge is 2.33. The number of rotatable bonds is 4. The summed E-state index contributed by atoms with van der Waals surface area (Å²) in [6, 6.07) is 26.3. The summed E-state index contributed by atoms with van der Waals surface area (Å²) in [5, 5.41) is 4.86. The van der Waals surface area contributed by atoms with Gasteiger partial charge in [-0.2, -0.15) is 0 Å². The van der Waals surface area contributed by atoms with Crippen molar-refractivity contribution in [3.05, 3.63) is 108 Å². The topological polar surface area (TPSA) is 58.6 Å². The van der Waals surface area contributed by atoms with Gasteiger partial charge in [0.05, 0.1) is 6.04 Å². The number of fused-ring (bicyclic) bond motifs is 2. The van der Waals surface area contributed by atoms with E-state index < -0.39 is 11.9 Å². The number of halogens is 1. The van der Waals surface area contributed by atoms with Crippen LogP contribution in [0.2, 0.25) is 0 Å². The van der Waals surface area contributed by atoms with Gasteiger partial charge in [0.15, 0.2) is 6.61 Å². The Bertz CT molecular complexity index is 1340. The zero-order valence-corrected chi connectivity index (χ0v) is 17.7. The van der Waals surface area contributed by atoms with Gasteiger partial charge < -0.3 is 15.0 Å². The summed E-state index contributed by atoms with van der Waals surface area (Å²) < 4.78 is 20.0. The van der Waals surface area contributed by atoms with E-state index in [1.165, 1.54) is 23.1 Å². The van der Waals surface area contributed by atoms with Crippen molar-refractivity contribution in [1.82, 2.24) is 4.90 Å². The minimum atomic E-state index is -0.636. The molecule has 0 aliphatic carbocycles. The van der Waals surface area contributed by atoms with Crippen LogP contribution in [0.25, 0.3) is 10.8 Å². The highest BCUT2D eigenvalue weighted by atomic mass is 19.1. The standard InChI is InChI=1S/C27H21FN2O3/c28-21-11-13-24-23(15-21)27(19-7-2-1-3-8-19)30(16-25(31)29-24)26(32)17-33-22-12-10-18-6-4-5-9-20(18)14-22/h1-15,27H,16-17H2,(H,29,31)/t27-/m0/s1. The molecule has 1 N–H and O–H groups in total. The van der Waals surface area contributed by atoms with Crippen molar-refractivity contribution in [3.8, 4) is 5.75 Å². The number of amides is 2. The molecule has 0 aromatic heterocycles. The fourth-order valence-electron chi connectivity index (χ4n) is 4.19. The molecule has 5 rings (SSSR count). The smallest absolute Gasteiger partial charge is 0.261 e. The molecule has 4 aromatic carbocycles. The number of anilines is 1. The van der Waals surface area contributed by atoms with Crippen molar-refractivity contribution in [1.29, 1.82) is 0 Å². The van der Waals surface area contributed by atoms with Crippen LogP contribution in [-0.2, 0) is 9.59 Å². The van der Waals surface area contributed by atoms with Gasteiger partial charge in [-0.15, -0.1) is 0 Å². The van der Waals surface area contributed by atoms with Gasteiger partial charge in [-0.25, -0.2) is 4.39 Å². The van der Waals surface area contributed by atoms with E-state index in [0.29, 0.717) is 17.0 Å². The van der Waals surface area contributed by atoms with Crippen LogP contribution >= 0.6 is 0 Å². The molecular formula is C27H21FN2O3. The lowest BCUT2D eigenvalue weighted by Crippen LogP contribution is -2.41. The summed E-state index contributed by atoms with van der Waals surface area (Å²) in [5.41, 5.74) is 1.78. The minimum absolute atomic E-state index is 0.171. The van der Waals surface area contributed by atoms with Crippen molar-refractivity contribution in [2.75, 3.05) is 18.5 Å². The quantitative estimate of drug-likeness (QED) is 0.490. The van der Waals surface area contributed by atoms with E-state index in [0.717, 1.165) is 16.3 Å². The zero-order valence-electron chi connectivity index (χ0n) is 17.7. The largest absolute Gasteiger partial charge is 0.484 e. The minimum Gasteiger partial charge on any atom is -0.484 e. The van der Waals surface area contributed by atoms with Crippen LogP contribution in [-0.4, -0.2) is 29.9 Å². The lowest BCUT2D eigenvalue weighted by atomic mass is 9.95. The molecule has 1 atom stereocenters. The molecule has 5 nitrogen and oxygen atoms in total. The van der Waals surface area contributed by atoms with Crippen LogP contribution in [0.4, 0.5) is 10.1 Å². The van der Waals surface area contributed by atoms with E-state index in [2.05, 4.69) is 5.32 Å². The Morgan fingerprint density at radius 2 is 1.70 bits per heavy atom. The maximum atomic E-state index is 14.2. The van der Waals surface area contributed by atoms with E-state index in [1.807, 2.05) is 72.8 Å². The number of hydrogen-bond donors (Lipinski definition) is 1. The van der Waals surface area contributed by atoms with Crippen molar-refractivity contribution in [3.63, 3.8) is 0 Å². The van der Waals surface area contributed by atoms with Crippen LogP contribution in [0.1, 0.15) is 17.2 Å².